The SMILES string of the molecule is Cc1ccccc1-c1ccc2c3ccc(-c4ccccc4C)cc3n(-c3cncc(-n4c5cc(-c6ccccc6C)ccc5c5ccc(-c6ccccc6C)cc54)c3-c3cccc(C#N)c3)c2c1. The van der Waals surface area contributed by atoms with Crippen LogP contribution in [-0.2, 0) is 0 Å². The molecule has 4 heteroatoms. The number of aryl methyl sites for hydroxylation is 4. The Morgan fingerprint density at radius 2 is 0.691 bits per heavy atom. The van der Waals surface area contributed by atoms with Gasteiger partial charge in [-0.1, -0.05) is 158 Å². The van der Waals surface area contributed by atoms with Crippen LogP contribution in [0.4, 0.5) is 0 Å². The molecule has 9 aromatic carbocycles. The minimum absolute atomic E-state index is 0.591. The highest BCUT2D eigenvalue weighted by Crippen LogP contribution is 2.45. The van der Waals surface area contributed by atoms with Crippen LogP contribution in [0.5, 0.6) is 0 Å². The van der Waals surface area contributed by atoms with Gasteiger partial charge in [0.1, 0.15) is 0 Å². The molecule has 0 N–H and O–H groups in total. The molecule has 0 bridgehead atoms. The Morgan fingerprint density at radius 1 is 0.353 bits per heavy atom. The summed E-state index contributed by atoms with van der Waals surface area (Å²) in [5, 5.41) is 15.1. The average Bonchev–Trinajstić information content (AvgIpc) is 3.87. The largest absolute Gasteiger partial charge is 0.307 e. The number of rotatable bonds is 7. The van der Waals surface area contributed by atoms with E-state index < -0.39 is 0 Å². The Kier molecular flexibility index (Phi) is 9.74. The number of benzene rings is 9. The van der Waals surface area contributed by atoms with Gasteiger partial charge in [-0.3, -0.25) is 4.98 Å². The lowest BCUT2D eigenvalue weighted by Gasteiger charge is -2.20. The summed E-state index contributed by atoms with van der Waals surface area (Å²) in [6, 6.07) is 72.4. The molecule has 3 heterocycles. The van der Waals surface area contributed by atoms with Gasteiger partial charge < -0.3 is 9.13 Å². The first-order valence-electron chi connectivity index (χ1n) is 23.2. The summed E-state index contributed by atoms with van der Waals surface area (Å²) < 4.78 is 4.84. The summed E-state index contributed by atoms with van der Waals surface area (Å²) in [5.41, 5.74) is 22.9. The van der Waals surface area contributed by atoms with Crippen LogP contribution in [0, 0.1) is 39.0 Å². The van der Waals surface area contributed by atoms with Crippen molar-refractivity contribution in [3.8, 4) is 73.1 Å². The molecule has 0 saturated carbocycles. The summed E-state index contributed by atoms with van der Waals surface area (Å²) in [6.45, 7) is 8.71. The van der Waals surface area contributed by atoms with E-state index in [1.54, 1.807) is 0 Å². The van der Waals surface area contributed by atoms with Crippen molar-refractivity contribution < 1.29 is 0 Å². The molecule has 0 fully saturated rings. The fourth-order valence-corrected chi connectivity index (χ4v) is 10.6. The van der Waals surface area contributed by atoms with Crippen LogP contribution in [0.15, 0.2) is 207 Å². The first-order valence-corrected chi connectivity index (χ1v) is 23.2. The van der Waals surface area contributed by atoms with Crippen molar-refractivity contribution in [2.75, 3.05) is 0 Å². The van der Waals surface area contributed by atoms with E-state index in [1.165, 1.54) is 44.5 Å². The molecular formula is C64H46N4. The van der Waals surface area contributed by atoms with Gasteiger partial charge in [-0.05, 0) is 136 Å². The molecule has 0 aliphatic heterocycles. The van der Waals surface area contributed by atoms with Gasteiger partial charge in [0.2, 0.25) is 0 Å². The molecular weight excluding hydrogens is 825 g/mol. The Hall–Kier alpha value is -8.78. The van der Waals surface area contributed by atoms with Crippen LogP contribution in [0.3, 0.4) is 0 Å². The van der Waals surface area contributed by atoms with Gasteiger partial charge in [-0.15, -0.1) is 0 Å². The summed E-state index contributed by atoms with van der Waals surface area (Å²) in [5.74, 6) is 0. The van der Waals surface area contributed by atoms with E-state index in [9.17, 15) is 5.26 Å². The average molecular weight is 871 g/mol. The minimum atomic E-state index is 0.591. The third-order valence-electron chi connectivity index (χ3n) is 14.0. The quantitative estimate of drug-likeness (QED) is 0.160. The van der Waals surface area contributed by atoms with E-state index in [1.807, 2.05) is 30.6 Å². The monoisotopic (exact) mass is 870 g/mol. The maximum Gasteiger partial charge on any atom is 0.0991 e. The molecule has 12 aromatic rings. The van der Waals surface area contributed by atoms with Crippen molar-refractivity contribution in [3.05, 3.63) is 234 Å². The van der Waals surface area contributed by atoms with Crippen molar-refractivity contribution in [1.29, 1.82) is 5.26 Å². The molecule has 0 saturated heterocycles. The molecule has 0 unspecified atom stereocenters. The van der Waals surface area contributed by atoms with Crippen molar-refractivity contribution in [2.45, 2.75) is 27.7 Å². The van der Waals surface area contributed by atoms with Crippen LogP contribution in [0.2, 0.25) is 0 Å². The van der Waals surface area contributed by atoms with Gasteiger partial charge in [-0.2, -0.15) is 5.26 Å². The number of aromatic nitrogens is 3. The summed E-state index contributed by atoms with van der Waals surface area (Å²) in [7, 11) is 0. The third kappa shape index (κ3) is 6.63. The normalized spacial score (nSPS) is 11.5. The number of hydrogen-bond donors (Lipinski definition) is 0. The highest BCUT2D eigenvalue weighted by Gasteiger charge is 2.24. The second-order valence-corrected chi connectivity index (χ2v) is 18.1. The van der Waals surface area contributed by atoms with E-state index in [0.29, 0.717) is 5.56 Å². The smallest absolute Gasteiger partial charge is 0.0991 e. The molecule has 4 nitrogen and oxygen atoms in total. The van der Waals surface area contributed by atoms with Crippen LogP contribution in [0.25, 0.3) is 111 Å². The van der Waals surface area contributed by atoms with Crippen LogP contribution < -0.4 is 0 Å². The van der Waals surface area contributed by atoms with Gasteiger partial charge in [0.05, 0.1) is 57.5 Å². The predicted octanol–water partition coefficient (Wildman–Crippen LogP) is 16.7. The van der Waals surface area contributed by atoms with Gasteiger partial charge in [0.15, 0.2) is 0 Å². The van der Waals surface area contributed by atoms with Crippen molar-refractivity contribution in [3.63, 3.8) is 0 Å². The fraction of sp³-hybridized carbons (Fsp3) is 0.0625. The topological polar surface area (TPSA) is 46.5 Å². The molecule has 68 heavy (non-hydrogen) atoms. The van der Waals surface area contributed by atoms with Gasteiger partial charge in [0, 0.05) is 27.1 Å². The molecule has 0 radical (unpaired) electrons. The number of fused-ring (bicyclic) bond motifs is 6. The zero-order valence-electron chi connectivity index (χ0n) is 38.4. The first kappa shape index (κ1) is 40.7. The Labute approximate surface area is 396 Å². The maximum atomic E-state index is 10.5. The summed E-state index contributed by atoms with van der Waals surface area (Å²) in [6.07, 6.45) is 4.03. The third-order valence-corrected chi connectivity index (χ3v) is 14.0. The molecule has 12 rings (SSSR count). The molecule has 322 valence electrons. The fourth-order valence-electron chi connectivity index (χ4n) is 10.6. The molecule has 0 aliphatic rings. The van der Waals surface area contributed by atoms with Crippen LogP contribution in [0.1, 0.15) is 27.8 Å². The second kappa shape index (κ2) is 16.3. The van der Waals surface area contributed by atoms with Gasteiger partial charge in [0.25, 0.3) is 0 Å². The Morgan fingerprint density at radius 3 is 1.01 bits per heavy atom. The highest BCUT2D eigenvalue weighted by molar-refractivity contribution is 6.14. The van der Waals surface area contributed by atoms with Crippen molar-refractivity contribution in [2.24, 2.45) is 0 Å². The van der Waals surface area contributed by atoms with Crippen LogP contribution >= 0.6 is 0 Å². The van der Waals surface area contributed by atoms with Gasteiger partial charge in [-0.25, -0.2) is 0 Å². The first-order chi connectivity index (χ1) is 33.3. The van der Waals surface area contributed by atoms with E-state index >= 15 is 0 Å². The number of nitriles is 1. The van der Waals surface area contributed by atoms with Crippen LogP contribution in [-0.4, -0.2) is 14.1 Å². The number of nitrogens with zero attached hydrogens (tertiary/aromatic N) is 4. The number of hydrogen-bond acceptors (Lipinski definition) is 2. The van der Waals surface area contributed by atoms with E-state index in [0.717, 1.165) is 88.4 Å². The predicted molar refractivity (Wildman–Crippen MR) is 284 cm³/mol. The molecule has 0 amide bonds. The summed E-state index contributed by atoms with van der Waals surface area (Å²) >= 11 is 0. The highest BCUT2D eigenvalue weighted by atomic mass is 15.0. The minimum Gasteiger partial charge on any atom is -0.307 e. The van der Waals surface area contributed by atoms with Crippen molar-refractivity contribution >= 4 is 43.6 Å². The van der Waals surface area contributed by atoms with Crippen molar-refractivity contribution in [1.82, 2.24) is 14.1 Å². The number of pyridine rings is 1. The lowest BCUT2D eigenvalue weighted by molar-refractivity contribution is 1.09. The van der Waals surface area contributed by atoms with E-state index in [2.05, 4.69) is 219 Å². The summed E-state index contributed by atoms with van der Waals surface area (Å²) in [4.78, 5) is 5.22. The standard InChI is InChI=1S/C64H46N4/c1-40-14-5-9-20-50(40)45-24-28-54-55-29-25-46(51-21-10-6-15-41(51)2)34-59(55)67(58(54)33-45)62-38-66-39-63(64(62)49-19-13-18-44(32-49)37-65)68-60-35-47(52-22-11-7-16-42(52)3)26-30-56(60)57-31-27-48(36-61(57)68)53-23-12-8-17-43(53)4/h5-36,38-39H,1-4H3. The molecule has 0 spiro atoms. The molecule has 0 aliphatic carbocycles. The zero-order chi connectivity index (χ0) is 46.0. The molecule has 3 aromatic heterocycles. The van der Waals surface area contributed by atoms with E-state index in [4.69, 9.17) is 4.98 Å². The van der Waals surface area contributed by atoms with Gasteiger partial charge >= 0.3 is 0 Å². The lowest BCUT2D eigenvalue weighted by atomic mass is 9.98. The second-order valence-electron chi connectivity index (χ2n) is 18.1. The Bertz CT molecular complexity index is 3610. The maximum absolute atomic E-state index is 10.5. The Balaban J connectivity index is 1.24. The lowest BCUT2D eigenvalue weighted by Crippen LogP contribution is -2.05. The van der Waals surface area contributed by atoms with E-state index in [-0.39, 0.29) is 0 Å². The molecule has 0 atom stereocenters. The zero-order valence-corrected chi connectivity index (χ0v) is 38.4.